The van der Waals surface area contributed by atoms with E-state index >= 15 is 0 Å². The minimum absolute atomic E-state index is 0.0782. The van der Waals surface area contributed by atoms with E-state index in [-0.39, 0.29) is 43.0 Å². The first-order valence-electron chi connectivity index (χ1n) is 9.06. The number of benzene rings is 1. The second-order valence-corrected chi connectivity index (χ2v) is 6.73. The molecule has 28 heavy (non-hydrogen) atoms. The summed E-state index contributed by atoms with van der Waals surface area (Å²) in [6, 6.07) is 10.1. The molecule has 1 aromatic heterocycles. The molecular weight excluding hydrogens is 360 g/mol. The number of nitrogens with zero attached hydrogens (tertiary/aromatic N) is 3. The summed E-state index contributed by atoms with van der Waals surface area (Å²) in [6.07, 6.45) is 2.54. The molecule has 1 aliphatic carbocycles. The highest BCUT2D eigenvalue weighted by Gasteiger charge is 2.42. The van der Waals surface area contributed by atoms with E-state index in [1.165, 1.54) is 10.1 Å². The van der Waals surface area contributed by atoms with Gasteiger partial charge >= 0.3 is 0 Å². The normalized spacial score (nSPS) is 17.6. The van der Waals surface area contributed by atoms with Crippen LogP contribution >= 0.6 is 0 Å². The molecule has 1 amide bonds. The Hall–Kier alpha value is -3.36. The zero-order valence-electron chi connectivity index (χ0n) is 15.7. The van der Waals surface area contributed by atoms with Crippen LogP contribution in [0.4, 0.5) is 0 Å². The van der Waals surface area contributed by atoms with Crippen molar-refractivity contribution in [1.82, 2.24) is 14.9 Å². The molecule has 2 atom stereocenters. The summed E-state index contributed by atoms with van der Waals surface area (Å²) in [5.74, 6) is -0.0883. The number of hydrogen-bond donors (Lipinski definition) is 3. The number of amides is 1. The number of aryl methyl sites for hydroxylation is 1. The smallest absolute Gasteiger partial charge is 0.273 e. The Labute approximate surface area is 162 Å². The summed E-state index contributed by atoms with van der Waals surface area (Å²) in [5, 5.41) is 6.02. The maximum absolute atomic E-state index is 12.9. The maximum Gasteiger partial charge on any atom is 0.273 e. The molecule has 1 fully saturated rings. The highest BCUT2D eigenvalue weighted by atomic mass is 16.6. The number of aromatic nitrogens is 2. The van der Waals surface area contributed by atoms with Crippen LogP contribution in [0.5, 0.6) is 0 Å². The van der Waals surface area contributed by atoms with E-state index < -0.39 is 0 Å². The van der Waals surface area contributed by atoms with Crippen molar-refractivity contribution in [2.75, 3.05) is 13.2 Å². The zero-order valence-corrected chi connectivity index (χ0v) is 15.7. The molecule has 9 nitrogen and oxygen atoms in total. The fourth-order valence-corrected chi connectivity index (χ4v) is 3.16. The predicted molar refractivity (Wildman–Crippen MR) is 105 cm³/mol. The largest absolute Gasteiger partial charge is 0.391 e. The molecule has 1 aromatic carbocycles. The molecule has 1 aliphatic rings. The second-order valence-electron chi connectivity index (χ2n) is 6.73. The van der Waals surface area contributed by atoms with Crippen molar-refractivity contribution < 1.29 is 9.63 Å². The fraction of sp³-hybridized carbons (Fsp3) is 0.368. The third kappa shape index (κ3) is 4.67. The van der Waals surface area contributed by atoms with Gasteiger partial charge in [-0.05, 0) is 30.0 Å². The monoisotopic (exact) mass is 384 g/mol. The van der Waals surface area contributed by atoms with Crippen molar-refractivity contribution in [2.24, 2.45) is 16.6 Å². The third-order valence-corrected chi connectivity index (χ3v) is 4.64. The van der Waals surface area contributed by atoms with Crippen molar-refractivity contribution >= 4 is 11.9 Å². The van der Waals surface area contributed by atoms with Crippen LogP contribution in [-0.4, -0.2) is 34.6 Å². The van der Waals surface area contributed by atoms with Gasteiger partial charge in [0, 0.05) is 17.8 Å². The van der Waals surface area contributed by atoms with Gasteiger partial charge in [-0.25, -0.2) is 0 Å². The molecule has 0 aliphatic heterocycles. The number of carbonyl (C=O) groups excluding carboxylic acids is 1. The number of nitrogens with one attached hydrogen (secondary N) is 1. The van der Waals surface area contributed by atoms with E-state index in [0.717, 1.165) is 6.42 Å². The van der Waals surface area contributed by atoms with Crippen molar-refractivity contribution in [3.05, 3.63) is 63.8 Å². The standard InChI is InChI=1S/C19H24N6O3/c1-12-10-23-17(15-9-14(15)13-5-3-2-4-6-13)18(27)25(12)11-16(26)22-7-8-28-24-19(20)21/h2-6,10,14-15H,7-9,11H2,1H3,(H,22,26)(H4,20,21,24). The first kappa shape index (κ1) is 19.4. The van der Waals surface area contributed by atoms with Gasteiger partial charge < -0.3 is 26.2 Å². The Morgan fingerprint density at radius 3 is 2.79 bits per heavy atom. The summed E-state index contributed by atoms with van der Waals surface area (Å²) >= 11 is 0. The molecule has 0 bridgehead atoms. The van der Waals surface area contributed by atoms with Crippen LogP contribution in [0, 0.1) is 6.92 Å². The van der Waals surface area contributed by atoms with E-state index in [1.807, 2.05) is 18.2 Å². The molecule has 0 radical (unpaired) electrons. The Balaban J connectivity index is 1.63. The van der Waals surface area contributed by atoms with Crippen molar-refractivity contribution in [3.8, 4) is 0 Å². The zero-order chi connectivity index (χ0) is 20.1. The molecule has 2 unspecified atom stereocenters. The van der Waals surface area contributed by atoms with E-state index in [1.54, 1.807) is 13.1 Å². The van der Waals surface area contributed by atoms with E-state index in [9.17, 15) is 9.59 Å². The number of nitrogens with two attached hydrogens (primary N) is 2. The van der Waals surface area contributed by atoms with E-state index in [0.29, 0.717) is 17.3 Å². The average molecular weight is 384 g/mol. The van der Waals surface area contributed by atoms with Gasteiger partial charge in [0.25, 0.3) is 5.56 Å². The highest BCUT2D eigenvalue weighted by Crippen LogP contribution is 2.53. The van der Waals surface area contributed by atoms with Crippen molar-refractivity contribution in [3.63, 3.8) is 0 Å². The quantitative estimate of drug-likeness (QED) is 0.256. The van der Waals surface area contributed by atoms with Gasteiger partial charge in [-0.3, -0.25) is 14.6 Å². The van der Waals surface area contributed by atoms with Gasteiger partial charge in [-0.15, -0.1) is 0 Å². The minimum atomic E-state index is -0.300. The number of oxime groups is 1. The molecular formula is C19H24N6O3. The molecule has 5 N–H and O–H groups in total. The van der Waals surface area contributed by atoms with Crippen LogP contribution in [0.1, 0.15) is 35.2 Å². The molecule has 0 spiro atoms. The van der Waals surface area contributed by atoms with E-state index in [2.05, 4.69) is 27.6 Å². The van der Waals surface area contributed by atoms with Crippen LogP contribution in [0.15, 0.2) is 46.5 Å². The van der Waals surface area contributed by atoms with Gasteiger partial charge in [0.2, 0.25) is 11.9 Å². The van der Waals surface area contributed by atoms with Gasteiger partial charge in [-0.2, -0.15) is 0 Å². The summed E-state index contributed by atoms with van der Waals surface area (Å²) in [5.41, 5.74) is 12.4. The predicted octanol–water partition coefficient (Wildman–Crippen LogP) is 0.144. The first-order chi connectivity index (χ1) is 13.5. The summed E-state index contributed by atoms with van der Waals surface area (Å²) in [7, 11) is 0. The van der Waals surface area contributed by atoms with Crippen LogP contribution in [-0.2, 0) is 16.2 Å². The van der Waals surface area contributed by atoms with Crippen LogP contribution in [0.2, 0.25) is 0 Å². The lowest BCUT2D eigenvalue weighted by atomic mass is 10.1. The summed E-state index contributed by atoms with van der Waals surface area (Å²) in [6.45, 7) is 2.03. The number of carbonyl (C=O) groups is 1. The Kier molecular flexibility index (Phi) is 5.93. The Bertz CT molecular complexity index is 921. The van der Waals surface area contributed by atoms with Crippen LogP contribution in [0.3, 0.4) is 0 Å². The number of hydrogen-bond acceptors (Lipinski definition) is 5. The van der Waals surface area contributed by atoms with Gasteiger partial charge in [-0.1, -0.05) is 30.3 Å². The molecule has 3 rings (SSSR count). The molecule has 148 valence electrons. The fourth-order valence-electron chi connectivity index (χ4n) is 3.16. The lowest BCUT2D eigenvalue weighted by Crippen LogP contribution is -2.36. The SMILES string of the molecule is Cc1cnc(C2CC2c2ccccc2)c(=O)n1CC(=O)NCCON=C(N)N. The van der Waals surface area contributed by atoms with Crippen LogP contribution in [0.25, 0.3) is 0 Å². The molecule has 1 heterocycles. The lowest BCUT2D eigenvalue weighted by Gasteiger charge is -2.11. The Morgan fingerprint density at radius 1 is 1.32 bits per heavy atom. The van der Waals surface area contributed by atoms with Crippen LogP contribution < -0.4 is 22.3 Å². The van der Waals surface area contributed by atoms with Gasteiger partial charge in [0.05, 0.1) is 6.54 Å². The molecule has 9 heteroatoms. The molecule has 0 saturated heterocycles. The van der Waals surface area contributed by atoms with E-state index in [4.69, 9.17) is 16.3 Å². The highest BCUT2D eigenvalue weighted by molar-refractivity contribution is 5.76. The van der Waals surface area contributed by atoms with Crippen molar-refractivity contribution in [1.29, 1.82) is 0 Å². The second kappa shape index (κ2) is 8.55. The molecule has 1 saturated carbocycles. The molecule has 2 aromatic rings. The Morgan fingerprint density at radius 2 is 2.07 bits per heavy atom. The average Bonchev–Trinajstić information content (AvgIpc) is 3.46. The number of rotatable bonds is 8. The van der Waals surface area contributed by atoms with Crippen molar-refractivity contribution in [2.45, 2.75) is 31.7 Å². The minimum Gasteiger partial charge on any atom is -0.391 e. The summed E-state index contributed by atoms with van der Waals surface area (Å²) < 4.78 is 1.45. The third-order valence-electron chi connectivity index (χ3n) is 4.64. The summed E-state index contributed by atoms with van der Waals surface area (Å²) in [4.78, 5) is 34.2. The van der Waals surface area contributed by atoms with Gasteiger partial charge in [0.1, 0.15) is 18.8 Å². The number of guanidine groups is 1. The lowest BCUT2D eigenvalue weighted by molar-refractivity contribution is -0.122. The topological polar surface area (TPSA) is 138 Å². The maximum atomic E-state index is 12.9. The first-order valence-corrected chi connectivity index (χ1v) is 9.06. The van der Waals surface area contributed by atoms with Gasteiger partial charge in [0.15, 0.2) is 0 Å².